The first-order chi connectivity index (χ1) is 14.6. The van der Waals surface area contributed by atoms with E-state index in [4.69, 9.17) is 16.3 Å². The summed E-state index contributed by atoms with van der Waals surface area (Å²) < 4.78 is 34.9. The first-order valence-electron chi connectivity index (χ1n) is 10.4. The zero-order valence-electron chi connectivity index (χ0n) is 18.0. The zero-order chi connectivity index (χ0) is 22.4. The predicted molar refractivity (Wildman–Crippen MR) is 120 cm³/mol. The molecule has 1 spiro atoms. The fourth-order valence-electron chi connectivity index (χ4n) is 4.87. The lowest BCUT2D eigenvalue weighted by atomic mass is 10.00. The van der Waals surface area contributed by atoms with E-state index in [-0.39, 0.29) is 5.91 Å². The smallest absolute Gasteiger partial charge is 0.253 e. The molecule has 0 atom stereocenters. The highest BCUT2D eigenvalue weighted by Crippen LogP contribution is 2.40. The molecule has 166 valence electrons. The molecule has 2 aliphatic heterocycles. The van der Waals surface area contributed by atoms with E-state index in [1.807, 2.05) is 32.9 Å². The Morgan fingerprint density at radius 3 is 2.29 bits per heavy atom. The van der Waals surface area contributed by atoms with E-state index >= 15 is 0 Å². The highest BCUT2D eigenvalue weighted by molar-refractivity contribution is 7.89. The van der Waals surface area contributed by atoms with Crippen LogP contribution >= 0.6 is 11.6 Å². The summed E-state index contributed by atoms with van der Waals surface area (Å²) in [5.41, 5.74) is 2.15. The average Bonchev–Trinajstić information content (AvgIpc) is 3.11. The van der Waals surface area contributed by atoms with Crippen molar-refractivity contribution in [2.24, 2.45) is 0 Å². The molecule has 0 radical (unpaired) electrons. The number of amides is 1. The van der Waals surface area contributed by atoms with Gasteiger partial charge in [0.25, 0.3) is 5.91 Å². The first-order valence-corrected chi connectivity index (χ1v) is 12.3. The minimum absolute atomic E-state index is 0.102. The Bertz CT molecular complexity index is 1100. The van der Waals surface area contributed by atoms with Gasteiger partial charge in [-0.3, -0.25) is 4.79 Å². The Kier molecular flexibility index (Phi) is 5.89. The zero-order valence-corrected chi connectivity index (χ0v) is 19.6. The summed E-state index contributed by atoms with van der Waals surface area (Å²) in [6, 6.07) is 10.7. The van der Waals surface area contributed by atoms with E-state index in [1.165, 1.54) is 4.31 Å². The van der Waals surface area contributed by atoms with Crippen LogP contribution < -0.4 is 0 Å². The third kappa shape index (κ3) is 4.00. The summed E-state index contributed by atoms with van der Waals surface area (Å²) in [5.74, 6) is -0.102. The summed E-state index contributed by atoms with van der Waals surface area (Å²) in [5, 5.41) is 0.513. The Morgan fingerprint density at radius 2 is 1.68 bits per heavy atom. The molecule has 0 saturated carbocycles. The van der Waals surface area contributed by atoms with Crippen molar-refractivity contribution >= 4 is 27.5 Å². The molecule has 1 amide bonds. The van der Waals surface area contributed by atoms with E-state index in [9.17, 15) is 13.2 Å². The molecule has 2 heterocycles. The van der Waals surface area contributed by atoms with Crippen LogP contribution in [0.25, 0.3) is 0 Å². The number of ether oxygens (including phenoxy) is 1. The Balaban J connectivity index is 1.57. The van der Waals surface area contributed by atoms with Gasteiger partial charge in [-0.2, -0.15) is 4.31 Å². The van der Waals surface area contributed by atoms with E-state index in [1.54, 1.807) is 29.2 Å². The molecule has 0 aliphatic carbocycles. The molecular formula is C23H27ClN2O4S. The maximum absolute atomic E-state index is 13.7. The monoisotopic (exact) mass is 462 g/mol. The molecule has 0 bridgehead atoms. The normalized spacial score (nSPS) is 19.2. The lowest BCUT2D eigenvalue weighted by Crippen LogP contribution is -2.55. The van der Waals surface area contributed by atoms with Crippen molar-refractivity contribution in [1.29, 1.82) is 0 Å². The van der Waals surface area contributed by atoms with Crippen molar-refractivity contribution in [2.45, 2.75) is 44.2 Å². The summed E-state index contributed by atoms with van der Waals surface area (Å²) in [4.78, 5) is 15.0. The van der Waals surface area contributed by atoms with E-state index in [2.05, 4.69) is 0 Å². The number of sulfonamides is 1. The maximum atomic E-state index is 13.7. The molecule has 8 heteroatoms. The van der Waals surface area contributed by atoms with Crippen LogP contribution in [0, 0.1) is 20.8 Å². The van der Waals surface area contributed by atoms with Gasteiger partial charge in [0.2, 0.25) is 10.0 Å². The fourth-order valence-corrected chi connectivity index (χ4v) is 7.20. The summed E-state index contributed by atoms with van der Waals surface area (Å²) in [7, 11) is -3.73. The second-order valence-electron chi connectivity index (χ2n) is 8.40. The molecule has 2 aromatic rings. The van der Waals surface area contributed by atoms with E-state index in [0.29, 0.717) is 54.6 Å². The highest BCUT2D eigenvalue weighted by Gasteiger charge is 2.51. The molecule has 0 aromatic heterocycles. The standard InChI is InChI=1S/C23H27ClN2O4S/c1-16-13-17(2)21(18(3)14-16)31(28,29)26-11-12-30-23(26)7-9-25(10-8-23)22(27)19-5-4-6-20(24)15-19/h4-6,13-15H,7-12H2,1-3H3. The van der Waals surface area contributed by atoms with Gasteiger partial charge in [0, 0.05) is 43.1 Å². The Labute approximate surface area is 188 Å². The second-order valence-corrected chi connectivity index (χ2v) is 10.6. The van der Waals surface area contributed by atoms with E-state index < -0.39 is 15.7 Å². The average molecular weight is 463 g/mol. The Morgan fingerprint density at radius 1 is 1.03 bits per heavy atom. The first kappa shape index (κ1) is 22.3. The van der Waals surface area contributed by atoms with E-state index in [0.717, 1.165) is 16.7 Å². The molecule has 0 N–H and O–H groups in total. The number of benzene rings is 2. The number of hydrogen-bond donors (Lipinski definition) is 0. The minimum Gasteiger partial charge on any atom is -0.358 e. The second kappa shape index (κ2) is 8.20. The third-order valence-electron chi connectivity index (χ3n) is 6.18. The fraction of sp³-hybridized carbons (Fsp3) is 0.435. The van der Waals surface area contributed by atoms with Crippen molar-refractivity contribution in [3.63, 3.8) is 0 Å². The van der Waals surface area contributed by atoms with Crippen molar-refractivity contribution in [2.75, 3.05) is 26.2 Å². The number of rotatable bonds is 3. The van der Waals surface area contributed by atoms with Gasteiger partial charge >= 0.3 is 0 Å². The van der Waals surface area contributed by atoms with Gasteiger partial charge in [-0.15, -0.1) is 0 Å². The number of aryl methyl sites for hydroxylation is 3. The van der Waals surface area contributed by atoms with Gasteiger partial charge in [-0.1, -0.05) is 35.4 Å². The van der Waals surface area contributed by atoms with Gasteiger partial charge in [-0.05, 0) is 50.1 Å². The van der Waals surface area contributed by atoms with Crippen molar-refractivity contribution < 1.29 is 17.9 Å². The molecule has 2 aromatic carbocycles. The Hall–Kier alpha value is -1.93. The molecule has 2 fully saturated rings. The summed E-state index contributed by atoms with van der Waals surface area (Å²) >= 11 is 6.02. The predicted octanol–water partition coefficient (Wildman–Crippen LogP) is 3.92. The van der Waals surface area contributed by atoms with Crippen LogP contribution in [-0.2, 0) is 14.8 Å². The molecule has 31 heavy (non-hydrogen) atoms. The van der Waals surface area contributed by atoms with Gasteiger partial charge in [0.05, 0.1) is 11.5 Å². The number of carbonyl (C=O) groups is 1. The quantitative estimate of drug-likeness (QED) is 0.693. The van der Waals surface area contributed by atoms with Crippen LogP contribution in [0.15, 0.2) is 41.3 Å². The molecule has 0 unspecified atom stereocenters. The number of hydrogen-bond acceptors (Lipinski definition) is 4. The minimum atomic E-state index is -3.73. The van der Waals surface area contributed by atoms with Crippen LogP contribution in [-0.4, -0.2) is 55.5 Å². The SMILES string of the molecule is Cc1cc(C)c(S(=O)(=O)N2CCOC23CCN(C(=O)c2cccc(Cl)c2)CC3)c(C)c1. The number of likely N-dealkylation sites (tertiary alicyclic amines) is 1. The van der Waals surface area contributed by atoms with Crippen LogP contribution in [0.3, 0.4) is 0 Å². The lowest BCUT2D eigenvalue weighted by molar-refractivity contribution is -0.0857. The molecular weight excluding hydrogens is 436 g/mol. The van der Waals surface area contributed by atoms with Crippen molar-refractivity contribution in [1.82, 2.24) is 9.21 Å². The van der Waals surface area contributed by atoms with Crippen LogP contribution in [0.1, 0.15) is 39.9 Å². The maximum Gasteiger partial charge on any atom is 0.253 e. The summed E-state index contributed by atoms with van der Waals surface area (Å²) in [6.45, 7) is 7.14. The van der Waals surface area contributed by atoms with Gasteiger partial charge in [0.1, 0.15) is 5.72 Å². The number of carbonyl (C=O) groups excluding carboxylic acids is 1. The highest BCUT2D eigenvalue weighted by atomic mass is 35.5. The lowest BCUT2D eigenvalue weighted by Gasteiger charge is -2.43. The number of piperidine rings is 1. The number of halogens is 1. The van der Waals surface area contributed by atoms with Crippen molar-refractivity contribution in [3.8, 4) is 0 Å². The van der Waals surface area contributed by atoms with Gasteiger partial charge in [-0.25, -0.2) is 8.42 Å². The topological polar surface area (TPSA) is 66.9 Å². The summed E-state index contributed by atoms with van der Waals surface area (Å²) in [6.07, 6.45) is 0.866. The van der Waals surface area contributed by atoms with Crippen LogP contribution in [0.4, 0.5) is 0 Å². The molecule has 4 rings (SSSR count). The van der Waals surface area contributed by atoms with Crippen LogP contribution in [0.2, 0.25) is 5.02 Å². The third-order valence-corrected chi connectivity index (χ3v) is 8.67. The van der Waals surface area contributed by atoms with Crippen molar-refractivity contribution in [3.05, 3.63) is 63.7 Å². The van der Waals surface area contributed by atoms with Gasteiger partial charge in [0.15, 0.2) is 0 Å². The molecule has 6 nitrogen and oxygen atoms in total. The largest absolute Gasteiger partial charge is 0.358 e. The molecule has 2 aliphatic rings. The molecule has 2 saturated heterocycles. The van der Waals surface area contributed by atoms with Gasteiger partial charge < -0.3 is 9.64 Å². The van der Waals surface area contributed by atoms with Crippen LogP contribution in [0.5, 0.6) is 0 Å². The number of nitrogens with zero attached hydrogens (tertiary/aromatic N) is 2.